The van der Waals surface area contributed by atoms with Crippen LogP contribution in [0.5, 0.6) is 5.75 Å². The smallest absolute Gasteiger partial charge is 0.331 e. The first-order chi connectivity index (χ1) is 16.4. The number of anilines is 2. The number of carbonyl (C=O) groups excluding carboxylic acids is 1. The quantitative estimate of drug-likeness (QED) is 0.340. The van der Waals surface area contributed by atoms with E-state index in [9.17, 15) is 18.7 Å². The fourth-order valence-corrected chi connectivity index (χ4v) is 3.43. The molecule has 0 aliphatic carbocycles. The molecule has 2 N–H and O–H groups in total. The Labute approximate surface area is 197 Å². The van der Waals surface area contributed by atoms with Crippen molar-refractivity contribution in [1.29, 1.82) is 0 Å². The molecule has 174 valence electrons. The van der Waals surface area contributed by atoms with E-state index in [0.29, 0.717) is 28.0 Å². The molecule has 34 heavy (non-hydrogen) atoms. The van der Waals surface area contributed by atoms with Gasteiger partial charge in [0.1, 0.15) is 23.7 Å². The number of hydrogen-bond donors (Lipinski definition) is 2. The van der Waals surface area contributed by atoms with Gasteiger partial charge >= 0.3 is 5.97 Å². The summed E-state index contributed by atoms with van der Waals surface area (Å²) in [6.07, 6.45) is 1.52. The minimum Gasteiger partial charge on any atom is -0.507 e. The van der Waals surface area contributed by atoms with Gasteiger partial charge in [0.15, 0.2) is 5.82 Å². The number of aromatic nitrogens is 2. The highest BCUT2D eigenvalue weighted by Gasteiger charge is 2.16. The van der Waals surface area contributed by atoms with Crippen molar-refractivity contribution in [3.05, 3.63) is 76.9 Å². The number of nitrogens with one attached hydrogen (secondary N) is 1. The number of fused-ring (bicyclic) bond motifs is 1. The van der Waals surface area contributed by atoms with E-state index in [1.54, 1.807) is 24.3 Å². The van der Waals surface area contributed by atoms with Crippen LogP contribution in [0.2, 0.25) is 5.02 Å². The topological polar surface area (TPSA) is 93.6 Å². The number of phenolic OH excluding ortho intramolecular Hbond substituents is 1. The third-order valence-electron chi connectivity index (χ3n) is 4.96. The largest absolute Gasteiger partial charge is 0.507 e. The lowest BCUT2D eigenvalue weighted by molar-refractivity contribution is -0.146. The zero-order valence-electron chi connectivity index (χ0n) is 17.8. The molecule has 0 fully saturated rings. The summed E-state index contributed by atoms with van der Waals surface area (Å²) in [7, 11) is 1.24. The van der Waals surface area contributed by atoms with Crippen LogP contribution in [0.1, 0.15) is 5.56 Å². The van der Waals surface area contributed by atoms with Gasteiger partial charge in [0, 0.05) is 17.3 Å². The second-order valence-electron chi connectivity index (χ2n) is 7.17. The van der Waals surface area contributed by atoms with Gasteiger partial charge in [-0.2, -0.15) is 0 Å². The van der Waals surface area contributed by atoms with Crippen LogP contribution in [0.15, 0.2) is 54.7 Å². The minimum atomic E-state index is -0.718. The van der Waals surface area contributed by atoms with Crippen LogP contribution < -0.4 is 5.32 Å². The summed E-state index contributed by atoms with van der Waals surface area (Å²) in [6, 6.07) is 11.3. The standard InChI is InChI=1S/C24H18ClF2N3O4/c1-33-21(32)12-34-11-13-2-4-16(25)22(27)23(13)30-19-8-9-28-18-6-5-17(29-24(18)19)15-10-14(26)3-7-20(15)31/h2-10,31H,11-12H2,1H3,(H,28,30). The van der Waals surface area contributed by atoms with Crippen LogP contribution in [0.3, 0.4) is 0 Å². The van der Waals surface area contributed by atoms with Crippen LogP contribution >= 0.6 is 11.6 Å². The van der Waals surface area contributed by atoms with Gasteiger partial charge in [-0.25, -0.2) is 18.6 Å². The third-order valence-corrected chi connectivity index (χ3v) is 5.26. The van der Waals surface area contributed by atoms with Crippen molar-refractivity contribution in [2.24, 2.45) is 0 Å². The Hall–Kier alpha value is -3.82. The number of phenols is 1. The molecule has 2 heterocycles. The molecule has 4 aromatic rings. The number of hydrogen-bond acceptors (Lipinski definition) is 7. The monoisotopic (exact) mass is 485 g/mol. The molecule has 7 nitrogen and oxygen atoms in total. The summed E-state index contributed by atoms with van der Waals surface area (Å²) >= 11 is 5.99. The molecule has 2 aromatic heterocycles. The molecule has 0 saturated carbocycles. The maximum atomic E-state index is 15.0. The van der Waals surface area contributed by atoms with Gasteiger partial charge in [0.05, 0.1) is 41.3 Å². The molecule has 0 saturated heterocycles. The van der Waals surface area contributed by atoms with E-state index >= 15 is 0 Å². The normalized spacial score (nSPS) is 10.9. The minimum absolute atomic E-state index is 0.0330. The summed E-state index contributed by atoms with van der Waals surface area (Å²) in [5.74, 6) is -1.96. The molecular formula is C24H18ClF2N3O4. The predicted octanol–water partition coefficient (Wildman–Crippen LogP) is 5.37. The molecule has 0 bridgehead atoms. The lowest BCUT2D eigenvalue weighted by Gasteiger charge is -2.16. The van der Waals surface area contributed by atoms with Crippen LogP contribution in [0.25, 0.3) is 22.3 Å². The Morgan fingerprint density at radius 2 is 1.97 bits per heavy atom. The average Bonchev–Trinajstić information content (AvgIpc) is 2.84. The molecule has 0 aliphatic heterocycles. The van der Waals surface area contributed by atoms with E-state index in [1.165, 1.54) is 31.5 Å². The highest BCUT2D eigenvalue weighted by molar-refractivity contribution is 6.31. The van der Waals surface area contributed by atoms with Crippen molar-refractivity contribution in [2.45, 2.75) is 6.61 Å². The molecule has 10 heteroatoms. The van der Waals surface area contributed by atoms with E-state index in [4.69, 9.17) is 16.3 Å². The average molecular weight is 486 g/mol. The first kappa shape index (κ1) is 23.3. The number of rotatable bonds is 7. The molecule has 0 aliphatic rings. The SMILES string of the molecule is COC(=O)COCc1ccc(Cl)c(F)c1Nc1ccnc2ccc(-c3cc(F)ccc3O)nc12. The lowest BCUT2D eigenvalue weighted by atomic mass is 10.1. The van der Waals surface area contributed by atoms with Crippen LogP contribution in [-0.4, -0.2) is 34.8 Å². The summed E-state index contributed by atoms with van der Waals surface area (Å²) in [5, 5.41) is 13.0. The van der Waals surface area contributed by atoms with E-state index in [2.05, 4.69) is 20.0 Å². The number of pyridine rings is 2. The van der Waals surface area contributed by atoms with Gasteiger partial charge in [-0.1, -0.05) is 17.7 Å². The number of nitrogens with zero attached hydrogens (tertiary/aromatic N) is 2. The first-order valence-corrected chi connectivity index (χ1v) is 10.4. The number of benzene rings is 2. The van der Waals surface area contributed by atoms with Crippen molar-refractivity contribution >= 4 is 40.0 Å². The predicted molar refractivity (Wildman–Crippen MR) is 123 cm³/mol. The highest BCUT2D eigenvalue weighted by atomic mass is 35.5. The molecule has 0 unspecified atom stereocenters. The zero-order chi connectivity index (χ0) is 24.2. The van der Waals surface area contributed by atoms with Crippen molar-refractivity contribution in [2.75, 3.05) is 19.0 Å². The number of esters is 1. The van der Waals surface area contributed by atoms with Gasteiger partial charge in [0.2, 0.25) is 0 Å². The molecule has 2 aromatic carbocycles. The number of halogens is 3. The Kier molecular flexibility index (Phi) is 6.85. The number of carbonyl (C=O) groups is 1. The Morgan fingerprint density at radius 3 is 2.76 bits per heavy atom. The van der Waals surface area contributed by atoms with Gasteiger partial charge in [-0.3, -0.25) is 4.98 Å². The fraction of sp³-hybridized carbons (Fsp3) is 0.125. The molecule has 0 amide bonds. The highest BCUT2D eigenvalue weighted by Crippen LogP contribution is 2.34. The Balaban J connectivity index is 1.74. The van der Waals surface area contributed by atoms with E-state index in [0.717, 1.165) is 6.07 Å². The number of ether oxygens (including phenoxy) is 2. The van der Waals surface area contributed by atoms with Crippen LogP contribution in [0, 0.1) is 11.6 Å². The van der Waals surface area contributed by atoms with Crippen molar-refractivity contribution in [3.8, 4) is 17.0 Å². The molecule has 0 atom stereocenters. The van der Waals surface area contributed by atoms with Crippen LogP contribution in [0.4, 0.5) is 20.2 Å². The van der Waals surface area contributed by atoms with Gasteiger partial charge < -0.3 is 19.9 Å². The summed E-state index contributed by atoms with van der Waals surface area (Å²) < 4.78 is 38.6. The van der Waals surface area contributed by atoms with Crippen molar-refractivity contribution in [1.82, 2.24) is 9.97 Å². The maximum absolute atomic E-state index is 15.0. The molecule has 0 spiro atoms. The summed E-state index contributed by atoms with van der Waals surface area (Å²) in [5.41, 5.74) is 2.15. The Morgan fingerprint density at radius 1 is 1.15 bits per heavy atom. The summed E-state index contributed by atoms with van der Waals surface area (Å²) in [4.78, 5) is 20.1. The van der Waals surface area contributed by atoms with Gasteiger partial charge in [-0.15, -0.1) is 0 Å². The van der Waals surface area contributed by atoms with E-state index in [1.807, 2.05) is 0 Å². The fourth-order valence-electron chi connectivity index (χ4n) is 3.27. The molecule has 4 rings (SSSR count). The third kappa shape index (κ3) is 4.90. The van der Waals surface area contributed by atoms with Gasteiger partial charge in [-0.05, 0) is 42.5 Å². The maximum Gasteiger partial charge on any atom is 0.331 e. The molecular weight excluding hydrogens is 468 g/mol. The lowest BCUT2D eigenvalue weighted by Crippen LogP contribution is -2.11. The zero-order valence-corrected chi connectivity index (χ0v) is 18.6. The van der Waals surface area contributed by atoms with E-state index in [-0.39, 0.29) is 35.2 Å². The van der Waals surface area contributed by atoms with E-state index < -0.39 is 17.6 Å². The second-order valence-corrected chi connectivity index (χ2v) is 7.58. The Bertz CT molecular complexity index is 1380. The van der Waals surface area contributed by atoms with Crippen LogP contribution in [-0.2, 0) is 20.9 Å². The number of methoxy groups -OCH3 is 1. The number of aromatic hydroxyl groups is 1. The molecule has 0 radical (unpaired) electrons. The summed E-state index contributed by atoms with van der Waals surface area (Å²) in [6.45, 7) is -0.398. The second kappa shape index (κ2) is 9.98. The van der Waals surface area contributed by atoms with Crippen molar-refractivity contribution < 1.29 is 28.2 Å². The first-order valence-electron chi connectivity index (χ1n) is 10.0. The van der Waals surface area contributed by atoms with Gasteiger partial charge in [0.25, 0.3) is 0 Å². The van der Waals surface area contributed by atoms with Crippen molar-refractivity contribution in [3.63, 3.8) is 0 Å².